The van der Waals surface area contributed by atoms with Crippen LogP contribution in [0.2, 0.25) is 0 Å². The highest BCUT2D eigenvalue weighted by molar-refractivity contribution is 9.10. The van der Waals surface area contributed by atoms with Gasteiger partial charge in [0, 0.05) is 10.0 Å². The molecule has 0 unspecified atom stereocenters. The molecule has 1 aromatic carbocycles. The maximum atomic E-state index is 12.2. The van der Waals surface area contributed by atoms with Crippen LogP contribution in [0, 0.1) is 0 Å². The molecule has 0 amide bonds. The average Bonchev–Trinajstić information content (AvgIpc) is 2.91. The van der Waals surface area contributed by atoms with E-state index in [1.807, 2.05) is 11.4 Å². The molecule has 0 aliphatic heterocycles. The molecule has 3 aromatic rings. The molecule has 0 fully saturated rings. The van der Waals surface area contributed by atoms with Crippen LogP contribution >= 0.6 is 27.3 Å². The third kappa shape index (κ3) is 2.44. The summed E-state index contributed by atoms with van der Waals surface area (Å²) in [6.07, 6.45) is 1.43. The van der Waals surface area contributed by atoms with Crippen LogP contribution in [-0.2, 0) is 6.54 Å². The second-order valence-corrected chi connectivity index (χ2v) is 6.06. The highest BCUT2D eigenvalue weighted by Crippen LogP contribution is 2.14. The summed E-state index contributed by atoms with van der Waals surface area (Å²) in [5, 5.41) is 2.37. The molecule has 0 aliphatic carbocycles. The van der Waals surface area contributed by atoms with Gasteiger partial charge in [0.15, 0.2) is 5.78 Å². The zero-order valence-electron chi connectivity index (χ0n) is 10.2. The van der Waals surface area contributed by atoms with Crippen LogP contribution in [0.15, 0.2) is 51.3 Å². The van der Waals surface area contributed by atoms with Crippen molar-refractivity contribution in [2.45, 2.75) is 6.54 Å². The van der Waals surface area contributed by atoms with E-state index in [9.17, 15) is 9.59 Å². The molecule has 2 aromatic heterocycles. The van der Waals surface area contributed by atoms with Gasteiger partial charge in [0.05, 0.1) is 18.3 Å². The third-order valence-electron chi connectivity index (χ3n) is 2.91. The summed E-state index contributed by atoms with van der Waals surface area (Å²) in [6, 6.07) is 8.84. The van der Waals surface area contributed by atoms with Crippen LogP contribution in [0.1, 0.15) is 10.4 Å². The SMILES string of the molecule is O=C(Cn1cnc2sccc2c1=O)c1cccc(Br)c1. The van der Waals surface area contributed by atoms with Gasteiger partial charge in [-0.15, -0.1) is 11.3 Å². The summed E-state index contributed by atoms with van der Waals surface area (Å²) in [5.74, 6) is -0.121. The lowest BCUT2D eigenvalue weighted by atomic mass is 10.1. The fraction of sp³-hybridized carbons (Fsp3) is 0.0714. The van der Waals surface area contributed by atoms with Gasteiger partial charge in [-0.1, -0.05) is 28.1 Å². The average molecular weight is 349 g/mol. The summed E-state index contributed by atoms with van der Waals surface area (Å²) in [4.78, 5) is 29.3. The van der Waals surface area contributed by atoms with Crippen LogP contribution in [0.4, 0.5) is 0 Å². The molecule has 3 rings (SSSR count). The monoisotopic (exact) mass is 348 g/mol. The van der Waals surface area contributed by atoms with Crippen molar-refractivity contribution < 1.29 is 4.79 Å². The number of carbonyl (C=O) groups is 1. The van der Waals surface area contributed by atoms with Crippen molar-refractivity contribution in [1.82, 2.24) is 9.55 Å². The van der Waals surface area contributed by atoms with E-state index in [2.05, 4.69) is 20.9 Å². The van der Waals surface area contributed by atoms with Gasteiger partial charge < -0.3 is 0 Å². The van der Waals surface area contributed by atoms with Gasteiger partial charge in [0.2, 0.25) is 0 Å². The van der Waals surface area contributed by atoms with Gasteiger partial charge in [0.25, 0.3) is 5.56 Å². The Labute approximate surface area is 126 Å². The van der Waals surface area contributed by atoms with Crippen LogP contribution in [0.3, 0.4) is 0 Å². The summed E-state index contributed by atoms with van der Waals surface area (Å²) >= 11 is 4.74. The fourth-order valence-electron chi connectivity index (χ4n) is 1.91. The number of ketones is 1. The minimum atomic E-state index is -0.181. The lowest BCUT2D eigenvalue weighted by Crippen LogP contribution is -2.24. The number of fused-ring (bicyclic) bond motifs is 1. The number of nitrogens with zero attached hydrogens (tertiary/aromatic N) is 2. The van der Waals surface area contributed by atoms with Gasteiger partial charge in [-0.3, -0.25) is 14.2 Å². The number of benzene rings is 1. The maximum Gasteiger partial charge on any atom is 0.262 e. The number of halogens is 1. The Hall–Kier alpha value is -1.79. The first kappa shape index (κ1) is 13.2. The van der Waals surface area contributed by atoms with Crippen molar-refractivity contribution in [1.29, 1.82) is 0 Å². The third-order valence-corrected chi connectivity index (χ3v) is 4.22. The molecule has 2 heterocycles. The summed E-state index contributed by atoms with van der Waals surface area (Å²) in [6.45, 7) is -0.00588. The lowest BCUT2D eigenvalue weighted by Gasteiger charge is -2.05. The number of hydrogen-bond donors (Lipinski definition) is 0. The van der Waals surface area contributed by atoms with Gasteiger partial charge >= 0.3 is 0 Å². The first-order valence-corrected chi connectivity index (χ1v) is 7.54. The molecule has 6 heteroatoms. The van der Waals surface area contributed by atoms with Crippen LogP contribution in [-0.4, -0.2) is 15.3 Å². The molecule has 4 nitrogen and oxygen atoms in total. The number of thiophene rings is 1. The number of carbonyl (C=O) groups excluding carboxylic acids is 1. The molecule has 20 heavy (non-hydrogen) atoms. The molecule has 0 radical (unpaired) electrons. The normalized spacial score (nSPS) is 10.8. The van der Waals surface area contributed by atoms with E-state index in [0.717, 1.165) is 4.47 Å². The van der Waals surface area contributed by atoms with E-state index in [-0.39, 0.29) is 17.9 Å². The molecule has 0 atom stereocenters. The van der Waals surface area contributed by atoms with Gasteiger partial charge in [-0.05, 0) is 23.6 Å². The molecule has 0 saturated heterocycles. The highest BCUT2D eigenvalue weighted by atomic mass is 79.9. The molecule has 0 bridgehead atoms. The van der Waals surface area contributed by atoms with Crippen molar-refractivity contribution in [3.8, 4) is 0 Å². The van der Waals surface area contributed by atoms with Crippen LogP contribution in [0.25, 0.3) is 10.2 Å². The zero-order valence-corrected chi connectivity index (χ0v) is 12.6. The second kappa shape index (κ2) is 5.30. The second-order valence-electron chi connectivity index (χ2n) is 4.25. The predicted molar refractivity (Wildman–Crippen MR) is 82.4 cm³/mol. The Balaban J connectivity index is 1.95. The predicted octanol–water partition coefficient (Wildman–Crippen LogP) is 3.10. The minimum Gasteiger partial charge on any atom is -0.292 e. The molecular weight excluding hydrogens is 340 g/mol. The van der Waals surface area contributed by atoms with Gasteiger partial charge in [-0.2, -0.15) is 0 Å². The molecule has 0 spiro atoms. The Morgan fingerprint density at radius 3 is 3.00 bits per heavy atom. The highest BCUT2D eigenvalue weighted by Gasteiger charge is 2.10. The Morgan fingerprint density at radius 1 is 1.35 bits per heavy atom. The number of Topliss-reactive ketones (excluding diaryl/α,β-unsaturated/α-hetero) is 1. The standard InChI is InChI=1S/C14H9BrN2O2S/c15-10-3-1-2-9(6-10)12(18)7-17-8-16-13-11(14(17)19)4-5-20-13/h1-6,8H,7H2. The largest absolute Gasteiger partial charge is 0.292 e. The number of aromatic nitrogens is 2. The first-order chi connectivity index (χ1) is 9.65. The Kier molecular flexibility index (Phi) is 3.50. The maximum absolute atomic E-state index is 12.2. The first-order valence-electron chi connectivity index (χ1n) is 5.86. The molecule has 0 N–H and O–H groups in total. The molecular formula is C14H9BrN2O2S. The van der Waals surface area contributed by atoms with E-state index in [0.29, 0.717) is 15.8 Å². The fourth-order valence-corrected chi connectivity index (χ4v) is 3.04. The lowest BCUT2D eigenvalue weighted by molar-refractivity contribution is 0.0970. The van der Waals surface area contributed by atoms with E-state index in [1.54, 1.807) is 24.3 Å². The van der Waals surface area contributed by atoms with Gasteiger partial charge in [-0.25, -0.2) is 4.98 Å². The topological polar surface area (TPSA) is 52.0 Å². The van der Waals surface area contributed by atoms with Crippen molar-refractivity contribution >= 4 is 43.3 Å². The van der Waals surface area contributed by atoms with Crippen LogP contribution < -0.4 is 5.56 Å². The molecule has 100 valence electrons. The van der Waals surface area contributed by atoms with Crippen molar-refractivity contribution in [2.75, 3.05) is 0 Å². The summed E-state index contributed by atoms with van der Waals surface area (Å²) < 4.78 is 2.18. The Morgan fingerprint density at radius 2 is 2.20 bits per heavy atom. The van der Waals surface area contributed by atoms with Crippen molar-refractivity contribution in [3.05, 3.63) is 62.4 Å². The van der Waals surface area contributed by atoms with Crippen molar-refractivity contribution in [3.63, 3.8) is 0 Å². The summed E-state index contributed by atoms with van der Waals surface area (Å²) in [7, 11) is 0. The minimum absolute atomic E-state index is 0.00588. The number of hydrogen-bond acceptors (Lipinski definition) is 4. The van der Waals surface area contributed by atoms with E-state index >= 15 is 0 Å². The molecule has 0 saturated carbocycles. The molecule has 0 aliphatic rings. The van der Waals surface area contributed by atoms with E-state index in [4.69, 9.17) is 0 Å². The Bertz CT molecular complexity index is 854. The van der Waals surface area contributed by atoms with E-state index < -0.39 is 0 Å². The van der Waals surface area contributed by atoms with E-state index in [1.165, 1.54) is 22.2 Å². The van der Waals surface area contributed by atoms with Gasteiger partial charge in [0.1, 0.15) is 4.83 Å². The zero-order chi connectivity index (χ0) is 14.1. The quantitative estimate of drug-likeness (QED) is 0.683. The van der Waals surface area contributed by atoms with Crippen LogP contribution in [0.5, 0.6) is 0 Å². The van der Waals surface area contributed by atoms with Crippen molar-refractivity contribution in [2.24, 2.45) is 0 Å². The summed E-state index contributed by atoms with van der Waals surface area (Å²) in [5.41, 5.74) is 0.385. The number of rotatable bonds is 3. The smallest absolute Gasteiger partial charge is 0.262 e.